The Labute approximate surface area is 189 Å². The van der Waals surface area contributed by atoms with E-state index in [0.717, 1.165) is 55.4 Å². The third-order valence-electron chi connectivity index (χ3n) is 6.66. The molecule has 4 rings (SSSR count). The number of fused-ring (bicyclic) bond motifs is 1. The highest BCUT2D eigenvalue weighted by Gasteiger charge is 2.30. The van der Waals surface area contributed by atoms with Gasteiger partial charge in [0, 0.05) is 37.3 Å². The molecule has 0 unspecified atom stereocenters. The summed E-state index contributed by atoms with van der Waals surface area (Å²) in [4.78, 5) is 18.2. The van der Waals surface area contributed by atoms with E-state index in [1.165, 1.54) is 12.8 Å². The summed E-state index contributed by atoms with van der Waals surface area (Å²) in [5, 5.41) is 0.697. The Morgan fingerprint density at radius 2 is 1.77 bits per heavy atom. The van der Waals surface area contributed by atoms with Crippen molar-refractivity contribution in [1.82, 2.24) is 14.5 Å². The molecule has 1 aromatic heterocycles. The molecule has 1 saturated carbocycles. The molecule has 0 bridgehead atoms. The van der Waals surface area contributed by atoms with Crippen molar-refractivity contribution in [3.63, 3.8) is 0 Å². The number of likely N-dealkylation sites (tertiary alicyclic amines) is 1. The van der Waals surface area contributed by atoms with E-state index in [4.69, 9.17) is 21.1 Å². The first-order chi connectivity index (χ1) is 14.1. The van der Waals surface area contributed by atoms with Crippen molar-refractivity contribution in [1.29, 1.82) is 0 Å². The molecule has 1 aliphatic heterocycles. The number of benzene rings is 1. The molecular weight excluding hydrogens is 425 g/mol. The number of piperidine rings is 1. The zero-order chi connectivity index (χ0) is 20.4. The van der Waals surface area contributed by atoms with Gasteiger partial charge in [-0.1, -0.05) is 11.6 Å². The van der Waals surface area contributed by atoms with Gasteiger partial charge in [-0.05, 0) is 63.1 Å². The van der Waals surface area contributed by atoms with Crippen LogP contribution in [0.25, 0.3) is 11.0 Å². The summed E-state index contributed by atoms with van der Waals surface area (Å²) in [6, 6.07) is 4.81. The number of hydrogen-bond acceptors (Lipinski definition) is 4. The molecule has 2 aromatic rings. The van der Waals surface area contributed by atoms with Crippen LogP contribution in [0.1, 0.15) is 50.1 Å². The Morgan fingerprint density at radius 1 is 1.07 bits per heavy atom. The fraction of sp³-hybridized carbons (Fsp3) is 0.682. The Hall–Kier alpha value is -1.05. The number of rotatable bonds is 6. The summed E-state index contributed by atoms with van der Waals surface area (Å²) in [7, 11) is 1.71. The van der Waals surface area contributed by atoms with Crippen molar-refractivity contribution < 1.29 is 9.47 Å². The van der Waals surface area contributed by atoms with Crippen molar-refractivity contribution in [3.05, 3.63) is 33.2 Å². The topological polar surface area (TPSA) is 59.5 Å². The lowest BCUT2D eigenvalue weighted by Crippen LogP contribution is -2.45. The van der Waals surface area contributed by atoms with E-state index in [1.807, 2.05) is 23.6 Å². The molecule has 168 valence electrons. The molecule has 0 atom stereocenters. The summed E-state index contributed by atoms with van der Waals surface area (Å²) in [6.45, 7) is 5.46. The first-order valence-corrected chi connectivity index (χ1v) is 11.2. The second kappa shape index (κ2) is 10.5. The van der Waals surface area contributed by atoms with Crippen LogP contribution in [0.5, 0.6) is 0 Å². The number of aromatic nitrogens is 2. The number of aromatic amines is 1. The lowest BCUT2D eigenvalue weighted by Gasteiger charge is -2.41. The van der Waals surface area contributed by atoms with Crippen molar-refractivity contribution in [3.8, 4) is 0 Å². The molecule has 2 heterocycles. The van der Waals surface area contributed by atoms with Crippen LogP contribution in [0.4, 0.5) is 0 Å². The van der Waals surface area contributed by atoms with Gasteiger partial charge in [0.15, 0.2) is 0 Å². The second-order valence-corrected chi connectivity index (χ2v) is 8.89. The molecule has 1 aliphatic carbocycles. The smallest absolute Gasteiger partial charge is 0.326 e. The quantitative estimate of drug-likeness (QED) is 0.655. The molecule has 1 N–H and O–H groups in total. The number of halogens is 2. The van der Waals surface area contributed by atoms with Crippen molar-refractivity contribution >= 4 is 35.0 Å². The fourth-order valence-corrected chi connectivity index (χ4v) is 5.16. The molecule has 6 nitrogen and oxygen atoms in total. The van der Waals surface area contributed by atoms with E-state index in [1.54, 1.807) is 7.11 Å². The van der Waals surface area contributed by atoms with Gasteiger partial charge in [-0.3, -0.25) is 4.57 Å². The fourth-order valence-electron chi connectivity index (χ4n) is 5.00. The molecule has 0 spiro atoms. The van der Waals surface area contributed by atoms with Crippen LogP contribution in [0.15, 0.2) is 16.9 Å². The number of H-pyrrole nitrogens is 1. The summed E-state index contributed by atoms with van der Waals surface area (Å²) < 4.78 is 12.9. The predicted molar refractivity (Wildman–Crippen MR) is 123 cm³/mol. The molecule has 0 amide bonds. The SMILES string of the molecule is COCCOC1CCC(N2CCC(n3c(=O)[nH]c4cc(Cl)c(C)cc43)CC2)CC1.Cl. The Bertz CT molecular complexity index is 882. The average Bonchev–Trinajstić information content (AvgIpc) is 3.04. The molecule has 30 heavy (non-hydrogen) atoms. The number of methoxy groups -OCH3 is 1. The first kappa shape index (κ1) is 23.6. The first-order valence-electron chi connectivity index (χ1n) is 10.8. The number of nitrogens with one attached hydrogen (secondary N) is 1. The molecule has 1 aromatic carbocycles. The van der Waals surface area contributed by atoms with E-state index in [0.29, 0.717) is 30.4 Å². The minimum Gasteiger partial charge on any atom is -0.382 e. The maximum absolute atomic E-state index is 12.6. The number of aryl methyl sites for hydroxylation is 1. The zero-order valence-electron chi connectivity index (χ0n) is 17.9. The molecule has 2 aliphatic rings. The third kappa shape index (κ3) is 5.05. The molecule has 2 fully saturated rings. The monoisotopic (exact) mass is 457 g/mol. The lowest BCUT2D eigenvalue weighted by atomic mass is 9.90. The maximum atomic E-state index is 12.6. The van der Waals surface area contributed by atoms with Crippen LogP contribution >= 0.6 is 24.0 Å². The van der Waals surface area contributed by atoms with E-state index < -0.39 is 0 Å². The van der Waals surface area contributed by atoms with Crippen molar-refractivity contribution in [2.75, 3.05) is 33.4 Å². The normalized spacial score (nSPS) is 23.6. The standard InChI is InChI=1S/C22H32ClN3O3.ClH/c1-15-13-21-20(14-19(15)23)24-22(27)26(21)17-7-9-25(10-8-17)16-3-5-18(6-4-16)29-12-11-28-2;/h13-14,16-18H,3-12H2,1-2H3,(H,24,27);1H. The van der Waals surface area contributed by atoms with Crippen molar-refractivity contribution in [2.24, 2.45) is 0 Å². The summed E-state index contributed by atoms with van der Waals surface area (Å²) in [6.07, 6.45) is 7.09. The van der Waals surface area contributed by atoms with Gasteiger partial charge in [-0.25, -0.2) is 4.79 Å². The van der Waals surface area contributed by atoms with E-state index in [-0.39, 0.29) is 24.1 Å². The van der Waals surface area contributed by atoms with Gasteiger partial charge in [0.25, 0.3) is 0 Å². The van der Waals surface area contributed by atoms with E-state index in [9.17, 15) is 4.79 Å². The highest BCUT2D eigenvalue weighted by Crippen LogP contribution is 2.31. The molecule has 0 radical (unpaired) electrons. The van der Waals surface area contributed by atoms with Crippen molar-refractivity contribution in [2.45, 2.75) is 63.6 Å². The van der Waals surface area contributed by atoms with Gasteiger partial charge in [0.1, 0.15) is 0 Å². The van der Waals surface area contributed by atoms with Gasteiger partial charge >= 0.3 is 5.69 Å². The Balaban J connectivity index is 0.00000256. The number of nitrogens with zero attached hydrogens (tertiary/aromatic N) is 2. The average molecular weight is 458 g/mol. The van der Waals surface area contributed by atoms with Crippen LogP contribution in [-0.2, 0) is 9.47 Å². The number of hydrogen-bond donors (Lipinski definition) is 1. The van der Waals surface area contributed by atoms with Crippen LogP contribution in [-0.4, -0.2) is 60.0 Å². The minimum atomic E-state index is -0.0196. The third-order valence-corrected chi connectivity index (χ3v) is 7.07. The van der Waals surface area contributed by atoms with Gasteiger partial charge in [0.2, 0.25) is 0 Å². The molecule has 1 saturated heterocycles. The van der Waals surface area contributed by atoms with Crippen LogP contribution in [0.2, 0.25) is 5.02 Å². The van der Waals surface area contributed by atoms with Crippen LogP contribution in [0, 0.1) is 6.92 Å². The Kier molecular flexibility index (Phi) is 8.27. The van der Waals surface area contributed by atoms with E-state index in [2.05, 4.69) is 9.88 Å². The molecule has 8 heteroatoms. The number of ether oxygens (including phenoxy) is 2. The second-order valence-electron chi connectivity index (χ2n) is 8.48. The summed E-state index contributed by atoms with van der Waals surface area (Å²) >= 11 is 6.23. The van der Waals surface area contributed by atoms with Gasteiger partial charge in [-0.2, -0.15) is 0 Å². The Morgan fingerprint density at radius 3 is 2.43 bits per heavy atom. The minimum absolute atomic E-state index is 0. The highest BCUT2D eigenvalue weighted by molar-refractivity contribution is 6.32. The van der Waals surface area contributed by atoms with Gasteiger partial charge in [-0.15, -0.1) is 12.4 Å². The van der Waals surface area contributed by atoms with E-state index >= 15 is 0 Å². The van der Waals surface area contributed by atoms with Crippen LogP contribution < -0.4 is 5.69 Å². The molecular formula is C22H33Cl2N3O3. The highest BCUT2D eigenvalue weighted by atomic mass is 35.5. The summed E-state index contributed by atoms with van der Waals surface area (Å²) in [5.41, 5.74) is 2.80. The lowest BCUT2D eigenvalue weighted by molar-refractivity contribution is -0.0173. The maximum Gasteiger partial charge on any atom is 0.326 e. The van der Waals surface area contributed by atoms with Crippen LogP contribution in [0.3, 0.4) is 0 Å². The number of imidazole rings is 1. The van der Waals surface area contributed by atoms with Gasteiger partial charge in [0.05, 0.1) is 30.4 Å². The predicted octanol–water partition coefficient (Wildman–Crippen LogP) is 4.32. The van der Waals surface area contributed by atoms with Gasteiger partial charge < -0.3 is 19.4 Å². The zero-order valence-corrected chi connectivity index (χ0v) is 19.4. The largest absolute Gasteiger partial charge is 0.382 e. The summed E-state index contributed by atoms with van der Waals surface area (Å²) in [5.74, 6) is 0.